The van der Waals surface area contributed by atoms with E-state index in [9.17, 15) is 4.79 Å². The van der Waals surface area contributed by atoms with Crippen molar-refractivity contribution < 1.29 is 4.79 Å². The van der Waals surface area contributed by atoms with E-state index in [1.54, 1.807) is 24.5 Å². The number of nitrogens with zero attached hydrogens (tertiary/aromatic N) is 2. The summed E-state index contributed by atoms with van der Waals surface area (Å²) in [5.74, 6) is -0.173. The lowest BCUT2D eigenvalue weighted by atomic mass is 10.0. The fourth-order valence-corrected chi connectivity index (χ4v) is 3.27. The molecule has 2 heterocycles. The molecule has 0 radical (unpaired) electrons. The van der Waals surface area contributed by atoms with Crippen LogP contribution in [0.2, 0.25) is 0 Å². The molecule has 0 saturated heterocycles. The van der Waals surface area contributed by atoms with Gasteiger partial charge in [-0.05, 0) is 38.5 Å². The van der Waals surface area contributed by atoms with Crippen LogP contribution in [0.15, 0.2) is 42.7 Å². The third-order valence-corrected chi connectivity index (χ3v) is 4.48. The molecule has 0 unspecified atom stereocenters. The average Bonchev–Trinajstić information content (AvgIpc) is 2.88. The van der Waals surface area contributed by atoms with Gasteiger partial charge in [0.25, 0.3) is 5.91 Å². The zero-order valence-electron chi connectivity index (χ0n) is 13.3. The van der Waals surface area contributed by atoms with Crippen LogP contribution in [0, 0.1) is 20.8 Å². The Labute approximate surface area is 139 Å². The minimum Gasteiger partial charge on any atom is -0.298 e. The van der Waals surface area contributed by atoms with Crippen molar-refractivity contribution >= 4 is 22.4 Å². The number of rotatable bonds is 3. The zero-order valence-corrected chi connectivity index (χ0v) is 14.1. The number of pyridine rings is 1. The average molecular weight is 323 g/mol. The van der Waals surface area contributed by atoms with E-state index < -0.39 is 0 Å². The Morgan fingerprint density at radius 3 is 2.52 bits per heavy atom. The molecule has 0 fully saturated rings. The topological polar surface area (TPSA) is 54.9 Å². The van der Waals surface area contributed by atoms with Crippen LogP contribution in [0.25, 0.3) is 11.3 Å². The summed E-state index contributed by atoms with van der Waals surface area (Å²) in [7, 11) is 0. The first kappa shape index (κ1) is 15.4. The third-order valence-electron chi connectivity index (χ3n) is 3.60. The number of anilines is 1. The quantitative estimate of drug-likeness (QED) is 0.778. The van der Waals surface area contributed by atoms with E-state index in [0.29, 0.717) is 10.7 Å². The minimum atomic E-state index is -0.173. The minimum absolute atomic E-state index is 0.173. The molecular formula is C18H17N3OS. The molecule has 0 saturated carbocycles. The fourth-order valence-electron chi connectivity index (χ4n) is 2.45. The number of amides is 1. The van der Waals surface area contributed by atoms with Gasteiger partial charge in [0.2, 0.25) is 0 Å². The molecule has 3 rings (SSSR count). The normalized spacial score (nSPS) is 10.6. The van der Waals surface area contributed by atoms with Crippen LogP contribution < -0.4 is 5.32 Å². The van der Waals surface area contributed by atoms with Crippen molar-refractivity contribution in [3.05, 3.63) is 64.3 Å². The molecule has 0 atom stereocenters. The summed E-state index contributed by atoms with van der Waals surface area (Å²) in [6, 6.07) is 9.67. The second kappa shape index (κ2) is 6.30. The lowest BCUT2D eigenvalue weighted by molar-refractivity contribution is 0.102. The first-order chi connectivity index (χ1) is 11.0. The van der Waals surface area contributed by atoms with E-state index in [2.05, 4.69) is 47.3 Å². The van der Waals surface area contributed by atoms with Crippen molar-refractivity contribution in [3.63, 3.8) is 0 Å². The van der Waals surface area contributed by atoms with Crippen molar-refractivity contribution in [3.8, 4) is 11.3 Å². The maximum atomic E-state index is 12.2. The number of hydrogen-bond donors (Lipinski definition) is 1. The summed E-state index contributed by atoms with van der Waals surface area (Å²) in [5, 5.41) is 3.47. The highest BCUT2D eigenvalue weighted by Crippen LogP contribution is 2.32. The molecule has 0 spiro atoms. The number of hydrogen-bond acceptors (Lipinski definition) is 4. The molecule has 5 heteroatoms. The highest BCUT2D eigenvalue weighted by Gasteiger charge is 2.14. The Morgan fingerprint density at radius 2 is 1.83 bits per heavy atom. The predicted octanol–water partition coefficient (Wildman–Crippen LogP) is 4.38. The van der Waals surface area contributed by atoms with E-state index in [4.69, 9.17) is 0 Å². The Bertz CT molecular complexity index is 856. The molecule has 1 aromatic carbocycles. The fraction of sp³-hybridized carbons (Fsp3) is 0.167. The summed E-state index contributed by atoms with van der Waals surface area (Å²) in [6.07, 6.45) is 3.20. The van der Waals surface area contributed by atoms with Gasteiger partial charge in [0, 0.05) is 28.4 Å². The number of carbonyl (C=O) groups is 1. The lowest BCUT2D eigenvalue weighted by Gasteiger charge is -2.05. The Hall–Kier alpha value is -2.53. The van der Waals surface area contributed by atoms with E-state index in [1.807, 2.05) is 6.92 Å². The van der Waals surface area contributed by atoms with Gasteiger partial charge < -0.3 is 0 Å². The molecule has 3 aromatic rings. The molecule has 1 amide bonds. The van der Waals surface area contributed by atoms with Crippen LogP contribution in [0.4, 0.5) is 5.13 Å². The van der Waals surface area contributed by atoms with Crippen molar-refractivity contribution in [1.82, 2.24) is 9.97 Å². The van der Waals surface area contributed by atoms with Gasteiger partial charge in [0.05, 0.1) is 5.69 Å². The Kier molecular flexibility index (Phi) is 4.21. The predicted molar refractivity (Wildman–Crippen MR) is 94.0 cm³/mol. The van der Waals surface area contributed by atoms with Crippen LogP contribution in [-0.4, -0.2) is 15.9 Å². The van der Waals surface area contributed by atoms with Gasteiger partial charge in [-0.3, -0.25) is 15.1 Å². The standard InChI is InChI=1S/C18H17N3OS/c1-11-4-5-15(12(2)10-11)16-13(3)23-18(20-16)21-17(22)14-6-8-19-9-7-14/h4-10H,1-3H3,(H,20,21,22). The monoisotopic (exact) mass is 323 g/mol. The van der Waals surface area contributed by atoms with Gasteiger partial charge >= 0.3 is 0 Å². The van der Waals surface area contributed by atoms with Crippen molar-refractivity contribution in [2.45, 2.75) is 20.8 Å². The number of carbonyl (C=O) groups excluding carboxylic acids is 1. The summed E-state index contributed by atoms with van der Waals surface area (Å²) < 4.78 is 0. The zero-order chi connectivity index (χ0) is 16.4. The van der Waals surface area contributed by atoms with E-state index >= 15 is 0 Å². The van der Waals surface area contributed by atoms with E-state index in [-0.39, 0.29) is 5.91 Å². The van der Waals surface area contributed by atoms with Gasteiger partial charge in [-0.2, -0.15) is 0 Å². The molecule has 0 bridgehead atoms. The summed E-state index contributed by atoms with van der Waals surface area (Å²) in [5.41, 5.74) is 5.02. The highest BCUT2D eigenvalue weighted by atomic mass is 32.1. The summed E-state index contributed by atoms with van der Waals surface area (Å²) >= 11 is 1.49. The van der Waals surface area contributed by atoms with Crippen LogP contribution in [-0.2, 0) is 0 Å². The molecule has 1 N–H and O–H groups in total. The lowest BCUT2D eigenvalue weighted by Crippen LogP contribution is -2.11. The molecule has 4 nitrogen and oxygen atoms in total. The number of aromatic nitrogens is 2. The smallest absolute Gasteiger partial charge is 0.257 e. The number of thiazole rings is 1. The molecular weight excluding hydrogens is 306 g/mol. The first-order valence-corrected chi connectivity index (χ1v) is 8.12. The van der Waals surface area contributed by atoms with E-state index in [1.165, 1.54) is 22.5 Å². The maximum Gasteiger partial charge on any atom is 0.257 e. The second-order valence-electron chi connectivity index (χ2n) is 5.43. The maximum absolute atomic E-state index is 12.2. The number of aryl methyl sites for hydroxylation is 3. The van der Waals surface area contributed by atoms with Crippen molar-refractivity contribution in [2.24, 2.45) is 0 Å². The van der Waals surface area contributed by atoms with Crippen molar-refractivity contribution in [2.75, 3.05) is 5.32 Å². The van der Waals surface area contributed by atoms with Gasteiger partial charge in [-0.1, -0.05) is 23.8 Å². The van der Waals surface area contributed by atoms with Gasteiger partial charge in [-0.25, -0.2) is 4.98 Å². The van der Waals surface area contributed by atoms with Gasteiger partial charge in [0.1, 0.15) is 0 Å². The number of nitrogens with one attached hydrogen (secondary N) is 1. The van der Waals surface area contributed by atoms with Crippen molar-refractivity contribution in [1.29, 1.82) is 0 Å². The summed E-state index contributed by atoms with van der Waals surface area (Å²) in [6.45, 7) is 6.18. The first-order valence-electron chi connectivity index (χ1n) is 7.31. The SMILES string of the molecule is Cc1ccc(-c2nc(NC(=O)c3ccncc3)sc2C)c(C)c1. The largest absolute Gasteiger partial charge is 0.298 e. The van der Waals surface area contributed by atoms with Gasteiger partial charge in [0.15, 0.2) is 5.13 Å². The second-order valence-corrected chi connectivity index (χ2v) is 6.64. The highest BCUT2D eigenvalue weighted by molar-refractivity contribution is 7.16. The van der Waals surface area contributed by atoms with E-state index in [0.717, 1.165) is 16.1 Å². The van der Waals surface area contributed by atoms with Gasteiger partial charge in [-0.15, -0.1) is 11.3 Å². The van der Waals surface area contributed by atoms with Crippen LogP contribution in [0.3, 0.4) is 0 Å². The molecule has 23 heavy (non-hydrogen) atoms. The Balaban J connectivity index is 1.88. The number of benzene rings is 1. The molecule has 116 valence electrons. The molecule has 0 aliphatic carbocycles. The van der Waals surface area contributed by atoms with Crippen LogP contribution >= 0.6 is 11.3 Å². The Morgan fingerprint density at radius 1 is 1.09 bits per heavy atom. The van der Waals surface area contributed by atoms with Crippen LogP contribution in [0.1, 0.15) is 26.4 Å². The summed E-state index contributed by atoms with van der Waals surface area (Å²) in [4.78, 5) is 21.8. The molecule has 0 aliphatic rings. The molecule has 0 aliphatic heterocycles. The third kappa shape index (κ3) is 3.29. The molecule has 2 aromatic heterocycles. The van der Waals surface area contributed by atoms with Crippen LogP contribution in [0.5, 0.6) is 0 Å².